The van der Waals surface area contributed by atoms with Gasteiger partial charge in [-0.15, -0.1) is 0 Å². The summed E-state index contributed by atoms with van der Waals surface area (Å²) in [5.41, 5.74) is 3.23. The molecule has 0 saturated carbocycles. The monoisotopic (exact) mass is 282 g/mol. The van der Waals surface area contributed by atoms with Gasteiger partial charge in [0, 0.05) is 0 Å². The van der Waals surface area contributed by atoms with E-state index < -0.39 is 6.09 Å². The van der Waals surface area contributed by atoms with Gasteiger partial charge in [-0.3, -0.25) is 4.84 Å². The fourth-order valence-electron chi connectivity index (χ4n) is 1.88. The third kappa shape index (κ3) is 3.92. The van der Waals surface area contributed by atoms with Crippen LogP contribution in [0.3, 0.4) is 0 Å². The van der Waals surface area contributed by atoms with E-state index in [1.54, 1.807) is 13.8 Å². The van der Waals surface area contributed by atoms with Gasteiger partial charge < -0.3 is 0 Å². The smallest absolute Gasteiger partial charge is 0.297 e. The summed E-state index contributed by atoms with van der Waals surface area (Å²) in [6, 6.07) is 17.0. The molecule has 0 aliphatic heterocycles. The average molecular weight is 282 g/mol. The molecule has 0 bridgehead atoms. The molecule has 0 spiro atoms. The summed E-state index contributed by atoms with van der Waals surface area (Å²) in [6.45, 7) is 5.52. The van der Waals surface area contributed by atoms with Crippen LogP contribution in [0, 0.1) is 6.92 Å². The van der Waals surface area contributed by atoms with Gasteiger partial charge in [-0.1, -0.05) is 35.5 Å². The van der Waals surface area contributed by atoms with Crippen molar-refractivity contribution < 1.29 is 9.63 Å². The van der Waals surface area contributed by atoms with Gasteiger partial charge in [-0.25, -0.2) is 9.69 Å². The zero-order valence-electron chi connectivity index (χ0n) is 12.4. The number of anilines is 2. The van der Waals surface area contributed by atoms with Crippen LogP contribution in [0.1, 0.15) is 19.4 Å². The zero-order chi connectivity index (χ0) is 15.2. The zero-order valence-corrected chi connectivity index (χ0v) is 12.4. The van der Waals surface area contributed by atoms with Gasteiger partial charge in [0.15, 0.2) is 0 Å². The molecule has 0 aliphatic rings. The minimum absolute atomic E-state index is 0.534. The quantitative estimate of drug-likeness (QED) is 0.466. The topological polar surface area (TPSA) is 41.9 Å². The van der Waals surface area contributed by atoms with E-state index in [0.717, 1.165) is 16.9 Å². The van der Waals surface area contributed by atoms with Crippen molar-refractivity contribution in [1.82, 2.24) is 0 Å². The van der Waals surface area contributed by atoms with Crippen LogP contribution in [0.15, 0.2) is 59.8 Å². The Morgan fingerprint density at radius 2 is 1.67 bits per heavy atom. The van der Waals surface area contributed by atoms with Crippen molar-refractivity contribution in [3.05, 3.63) is 60.2 Å². The summed E-state index contributed by atoms with van der Waals surface area (Å²) in [6.07, 6.45) is -0.534. The fraction of sp³-hybridized carbons (Fsp3) is 0.176. The van der Waals surface area contributed by atoms with Gasteiger partial charge in [0.25, 0.3) is 0 Å². The normalized spacial score (nSPS) is 9.86. The number of para-hydroxylation sites is 1. The van der Waals surface area contributed by atoms with Crippen LogP contribution in [0.25, 0.3) is 0 Å². The van der Waals surface area contributed by atoms with Crippen LogP contribution in [0.5, 0.6) is 0 Å². The molecule has 108 valence electrons. The van der Waals surface area contributed by atoms with Gasteiger partial charge in [0.05, 0.1) is 17.1 Å². The van der Waals surface area contributed by atoms with Gasteiger partial charge in [-0.05, 0) is 50.6 Å². The third-order valence-electron chi connectivity index (χ3n) is 2.76. The molecule has 0 aliphatic carbocycles. The Labute approximate surface area is 124 Å². The van der Waals surface area contributed by atoms with Crippen molar-refractivity contribution in [1.29, 1.82) is 0 Å². The summed E-state index contributed by atoms with van der Waals surface area (Å²) in [4.78, 5) is 18.8. The Hall–Kier alpha value is -2.62. The summed E-state index contributed by atoms with van der Waals surface area (Å²) < 4.78 is 0. The van der Waals surface area contributed by atoms with Crippen molar-refractivity contribution >= 4 is 23.2 Å². The predicted molar refractivity (Wildman–Crippen MR) is 85.0 cm³/mol. The van der Waals surface area contributed by atoms with E-state index in [1.165, 1.54) is 4.90 Å². The summed E-state index contributed by atoms with van der Waals surface area (Å²) in [7, 11) is 0. The van der Waals surface area contributed by atoms with E-state index in [-0.39, 0.29) is 0 Å². The van der Waals surface area contributed by atoms with Crippen LogP contribution in [-0.4, -0.2) is 11.8 Å². The largest absolute Gasteiger partial charge is 0.445 e. The molecule has 2 aromatic carbocycles. The van der Waals surface area contributed by atoms with Crippen molar-refractivity contribution in [3.63, 3.8) is 0 Å². The van der Waals surface area contributed by atoms with Gasteiger partial charge >= 0.3 is 6.09 Å². The molecule has 4 nitrogen and oxygen atoms in total. The van der Waals surface area contributed by atoms with Crippen molar-refractivity contribution in [3.8, 4) is 0 Å². The molecule has 0 atom stereocenters. The minimum atomic E-state index is -0.534. The minimum Gasteiger partial charge on any atom is -0.297 e. The maximum atomic E-state index is 12.4. The van der Waals surface area contributed by atoms with Gasteiger partial charge in [0.1, 0.15) is 0 Å². The lowest BCUT2D eigenvalue weighted by atomic mass is 10.2. The second-order valence-electron chi connectivity index (χ2n) is 4.91. The molecule has 2 rings (SSSR count). The fourth-order valence-corrected chi connectivity index (χ4v) is 1.88. The molecule has 0 fully saturated rings. The Morgan fingerprint density at radius 3 is 2.29 bits per heavy atom. The Balaban J connectivity index is 2.40. The first-order valence-corrected chi connectivity index (χ1v) is 6.72. The summed E-state index contributed by atoms with van der Waals surface area (Å²) in [5, 5.41) is 3.74. The van der Waals surface area contributed by atoms with Gasteiger partial charge in [-0.2, -0.15) is 0 Å². The highest BCUT2D eigenvalue weighted by molar-refractivity contribution is 5.96. The lowest BCUT2D eigenvalue weighted by Crippen LogP contribution is -2.25. The number of carbonyl (C=O) groups excluding carboxylic acids is 1. The van der Waals surface area contributed by atoms with E-state index in [0.29, 0.717) is 5.71 Å². The molecule has 0 saturated heterocycles. The molecule has 0 heterocycles. The molecule has 0 N–H and O–H groups in total. The van der Waals surface area contributed by atoms with Crippen molar-refractivity contribution in [2.75, 3.05) is 4.90 Å². The van der Waals surface area contributed by atoms with E-state index in [4.69, 9.17) is 4.84 Å². The molecule has 4 heteroatoms. The molecule has 2 aromatic rings. The highest BCUT2D eigenvalue weighted by Crippen LogP contribution is 2.26. The maximum Gasteiger partial charge on any atom is 0.445 e. The van der Waals surface area contributed by atoms with E-state index in [9.17, 15) is 4.79 Å². The average Bonchev–Trinajstić information content (AvgIpc) is 2.46. The lowest BCUT2D eigenvalue weighted by Gasteiger charge is -2.21. The number of nitrogens with zero attached hydrogens (tertiary/aromatic N) is 2. The number of carbonyl (C=O) groups is 1. The second kappa shape index (κ2) is 6.70. The molecular formula is C17H18N2O2. The molecule has 0 radical (unpaired) electrons. The Kier molecular flexibility index (Phi) is 4.72. The maximum absolute atomic E-state index is 12.4. The van der Waals surface area contributed by atoms with Crippen LogP contribution in [0.4, 0.5) is 16.2 Å². The molecule has 21 heavy (non-hydrogen) atoms. The standard InChI is InChI=1S/C17H18N2O2/c1-13(2)18-21-17(20)19(15-9-5-4-6-10-15)16-11-7-8-14(3)12-16/h4-12H,1-3H3. The van der Waals surface area contributed by atoms with Crippen molar-refractivity contribution in [2.24, 2.45) is 5.16 Å². The first-order valence-electron chi connectivity index (χ1n) is 6.72. The number of amides is 1. The SMILES string of the molecule is CC(C)=NOC(=O)N(c1ccccc1)c1cccc(C)c1. The van der Waals surface area contributed by atoms with Gasteiger partial charge in [0.2, 0.25) is 0 Å². The summed E-state index contributed by atoms with van der Waals surface area (Å²) in [5.74, 6) is 0. The Bertz CT molecular complexity index is 647. The van der Waals surface area contributed by atoms with Crippen LogP contribution < -0.4 is 4.90 Å². The molecule has 1 amide bonds. The lowest BCUT2D eigenvalue weighted by molar-refractivity contribution is 0.161. The summed E-state index contributed by atoms with van der Waals surface area (Å²) >= 11 is 0. The number of oxime groups is 1. The number of rotatable bonds is 3. The number of hydrogen-bond donors (Lipinski definition) is 0. The first kappa shape index (κ1) is 14.8. The van der Waals surface area contributed by atoms with Crippen LogP contribution >= 0.6 is 0 Å². The molecule has 0 unspecified atom stereocenters. The first-order chi connectivity index (χ1) is 10.1. The third-order valence-corrected chi connectivity index (χ3v) is 2.76. The van der Waals surface area contributed by atoms with Crippen LogP contribution in [-0.2, 0) is 4.84 Å². The number of aryl methyl sites for hydroxylation is 1. The predicted octanol–water partition coefficient (Wildman–Crippen LogP) is 4.67. The van der Waals surface area contributed by atoms with E-state index >= 15 is 0 Å². The van der Waals surface area contributed by atoms with Crippen LogP contribution in [0.2, 0.25) is 0 Å². The highest BCUT2D eigenvalue weighted by Gasteiger charge is 2.19. The van der Waals surface area contributed by atoms with E-state index in [1.807, 2.05) is 61.5 Å². The van der Waals surface area contributed by atoms with E-state index in [2.05, 4.69) is 5.16 Å². The second-order valence-corrected chi connectivity index (χ2v) is 4.91. The molecule has 0 aromatic heterocycles. The highest BCUT2D eigenvalue weighted by atomic mass is 16.7. The van der Waals surface area contributed by atoms with Crippen molar-refractivity contribution in [2.45, 2.75) is 20.8 Å². The number of benzene rings is 2. The number of hydrogen-bond acceptors (Lipinski definition) is 3. The molecular weight excluding hydrogens is 264 g/mol. The Morgan fingerprint density at radius 1 is 1.00 bits per heavy atom.